The Morgan fingerprint density at radius 2 is 2.33 bits per heavy atom. The molecule has 1 rings (SSSR count). The summed E-state index contributed by atoms with van der Waals surface area (Å²) < 4.78 is 30.2. The normalized spacial score (nSPS) is 11.9. The van der Waals surface area contributed by atoms with Gasteiger partial charge in [0.25, 0.3) is 0 Å². The molecule has 1 aromatic rings. The third-order valence-corrected chi connectivity index (χ3v) is 3.34. The molecule has 5 nitrogen and oxygen atoms in total. The van der Waals surface area contributed by atoms with Gasteiger partial charge < -0.3 is 4.42 Å². The van der Waals surface area contributed by atoms with E-state index in [1.54, 1.807) is 13.1 Å². The summed E-state index contributed by atoms with van der Waals surface area (Å²) >= 11 is 5.40. The number of sulfonamides is 1. The van der Waals surface area contributed by atoms with Gasteiger partial charge in [-0.05, 0) is 13.3 Å². The fourth-order valence-electron chi connectivity index (χ4n) is 0.972. The summed E-state index contributed by atoms with van der Waals surface area (Å²) in [5.41, 5.74) is 0. The van der Waals surface area contributed by atoms with Crippen molar-refractivity contribution in [3.05, 3.63) is 17.8 Å². The molecule has 0 radical (unpaired) electrons. The number of rotatable bonds is 6. The van der Waals surface area contributed by atoms with Crippen molar-refractivity contribution in [3.63, 3.8) is 0 Å². The number of aryl methyl sites for hydroxylation is 1. The van der Waals surface area contributed by atoms with E-state index in [0.29, 0.717) is 24.0 Å². The molecule has 0 bridgehead atoms. The standard InChI is InChI=1S/C8H13ClN2O3S/c1-7-5-10-8(14-7)6-11-15(12,13)4-2-3-9/h5,11H,2-4,6H2,1H3. The van der Waals surface area contributed by atoms with E-state index < -0.39 is 10.0 Å². The number of aromatic nitrogens is 1. The van der Waals surface area contributed by atoms with E-state index in [0.717, 1.165) is 0 Å². The van der Waals surface area contributed by atoms with Crippen molar-refractivity contribution in [2.24, 2.45) is 0 Å². The molecule has 1 aromatic heterocycles. The summed E-state index contributed by atoms with van der Waals surface area (Å²) in [4.78, 5) is 3.88. The van der Waals surface area contributed by atoms with Gasteiger partial charge >= 0.3 is 0 Å². The minimum atomic E-state index is -3.27. The number of hydrogen-bond acceptors (Lipinski definition) is 4. The minimum Gasteiger partial charge on any atom is -0.445 e. The monoisotopic (exact) mass is 252 g/mol. The first-order valence-corrected chi connectivity index (χ1v) is 6.67. The van der Waals surface area contributed by atoms with Gasteiger partial charge in [0.05, 0.1) is 18.5 Å². The fraction of sp³-hybridized carbons (Fsp3) is 0.625. The summed E-state index contributed by atoms with van der Waals surface area (Å²) in [6, 6.07) is 0. The highest BCUT2D eigenvalue weighted by molar-refractivity contribution is 7.89. The first kappa shape index (κ1) is 12.5. The lowest BCUT2D eigenvalue weighted by Crippen LogP contribution is -2.26. The molecule has 1 N–H and O–H groups in total. The number of alkyl halides is 1. The van der Waals surface area contributed by atoms with Crippen molar-refractivity contribution in [1.29, 1.82) is 0 Å². The summed E-state index contributed by atoms with van der Waals surface area (Å²) in [5, 5.41) is 0. The van der Waals surface area contributed by atoms with Gasteiger partial charge in [0.2, 0.25) is 15.9 Å². The Labute approximate surface area is 93.9 Å². The van der Waals surface area contributed by atoms with E-state index in [-0.39, 0.29) is 12.3 Å². The molecule has 0 saturated heterocycles. The first-order chi connectivity index (χ1) is 7.03. The molecular weight excluding hydrogens is 240 g/mol. The highest BCUT2D eigenvalue weighted by atomic mass is 35.5. The van der Waals surface area contributed by atoms with Crippen molar-refractivity contribution < 1.29 is 12.8 Å². The minimum absolute atomic E-state index is 0.0240. The second kappa shape index (κ2) is 5.48. The first-order valence-electron chi connectivity index (χ1n) is 4.48. The second-order valence-corrected chi connectivity index (χ2v) is 5.35. The molecule has 0 aromatic carbocycles. The summed E-state index contributed by atoms with van der Waals surface area (Å²) in [7, 11) is -3.27. The summed E-state index contributed by atoms with van der Waals surface area (Å²) in [5.74, 6) is 1.38. The molecule has 0 unspecified atom stereocenters. The van der Waals surface area contributed by atoms with Crippen LogP contribution in [0.5, 0.6) is 0 Å². The lowest BCUT2D eigenvalue weighted by atomic mass is 10.6. The molecule has 0 fully saturated rings. The molecule has 0 aliphatic rings. The Morgan fingerprint density at radius 1 is 1.60 bits per heavy atom. The molecule has 0 amide bonds. The molecule has 0 atom stereocenters. The number of oxazole rings is 1. The highest BCUT2D eigenvalue weighted by Gasteiger charge is 2.10. The zero-order chi connectivity index (χ0) is 11.3. The molecule has 0 saturated carbocycles. The fourth-order valence-corrected chi connectivity index (χ4v) is 2.28. The van der Waals surface area contributed by atoms with Gasteiger partial charge in [-0.2, -0.15) is 0 Å². The van der Waals surface area contributed by atoms with Gasteiger partial charge in [-0.3, -0.25) is 0 Å². The Balaban J connectivity index is 2.42. The van der Waals surface area contributed by atoms with Gasteiger partial charge in [0.15, 0.2) is 0 Å². The van der Waals surface area contributed by atoms with Gasteiger partial charge in [-0.1, -0.05) is 0 Å². The topological polar surface area (TPSA) is 72.2 Å². The Kier molecular flexibility index (Phi) is 4.56. The lowest BCUT2D eigenvalue weighted by Gasteiger charge is -2.02. The molecule has 0 spiro atoms. The maximum absolute atomic E-state index is 11.3. The van der Waals surface area contributed by atoms with Crippen molar-refractivity contribution >= 4 is 21.6 Å². The van der Waals surface area contributed by atoms with E-state index >= 15 is 0 Å². The molecule has 86 valence electrons. The van der Waals surface area contributed by atoms with Gasteiger partial charge in [0, 0.05) is 5.88 Å². The highest BCUT2D eigenvalue weighted by Crippen LogP contribution is 2.02. The van der Waals surface area contributed by atoms with Crippen LogP contribution in [0.3, 0.4) is 0 Å². The largest absolute Gasteiger partial charge is 0.445 e. The van der Waals surface area contributed by atoms with E-state index in [9.17, 15) is 8.42 Å². The van der Waals surface area contributed by atoms with Crippen LogP contribution in [0.2, 0.25) is 0 Å². The van der Waals surface area contributed by atoms with E-state index in [1.807, 2.05) is 0 Å². The zero-order valence-corrected chi connectivity index (χ0v) is 9.94. The van der Waals surface area contributed by atoms with Crippen molar-refractivity contribution in [2.75, 3.05) is 11.6 Å². The summed E-state index contributed by atoms with van der Waals surface area (Å²) in [6.45, 7) is 1.83. The average Bonchev–Trinajstić information content (AvgIpc) is 2.59. The van der Waals surface area contributed by atoms with Crippen molar-refractivity contribution in [1.82, 2.24) is 9.71 Å². The number of nitrogens with zero attached hydrogens (tertiary/aromatic N) is 1. The Bertz CT molecular complexity index is 402. The summed E-state index contributed by atoms with van der Waals surface area (Å²) in [6.07, 6.45) is 1.98. The average molecular weight is 253 g/mol. The molecule has 1 heterocycles. The molecule has 0 aliphatic carbocycles. The zero-order valence-electron chi connectivity index (χ0n) is 8.36. The van der Waals surface area contributed by atoms with Gasteiger partial charge in [0.1, 0.15) is 5.76 Å². The van der Waals surface area contributed by atoms with E-state index in [1.165, 1.54) is 0 Å². The van der Waals surface area contributed by atoms with Crippen LogP contribution < -0.4 is 4.72 Å². The van der Waals surface area contributed by atoms with Crippen molar-refractivity contribution in [2.45, 2.75) is 19.9 Å². The van der Waals surface area contributed by atoms with Crippen LogP contribution in [0.15, 0.2) is 10.6 Å². The number of nitrogens with one attached hydrogen (secondary N) is 1. The predicted octanol–water partition coefficient (Wildman–Crippen LogP) is 1.03. The van der Waals surface area contributed by atoms with E-state index in [4.69, 9.17) is 16.0 Å². The van der Waals surface area contributed by atoms with Crippen LogP contribution in [-0.2, 0) is 16.6 Å². The number of hydrogen-bond donors (Lipinski definition) is 1. The Morgan fingerprint density at radius 3 is 2.87 bits per heavy atom. The van der Waals surface area contributed by atoms with Crippen LogP contribution in [0, 0.1) is 6.92 Å². The maximum Gasteiger partial charge on any atom is 0.212 e. The van der Waals surface area contributed by atoms with Crippen molar-refractivity contribution in [3.8, 4) is 0 Å². The quantitative estimate of drug-likeness (QED) is 0.768. The van der Waals surface area contributed by atoms with Gasteiger partial charge in [-0.15, -0.1) is 11.6 Å². The van der Waals surface area contributed by atoms with Gasteiger partial charge in [-0.25, -0.2) is 18.1 Å². The van der Waals surface area contributed by atoms with Crippen LogP contribution >= 0.6 is 11.6 Å². The Hall–Kier alpha value is -0.590. The maximum atomic E-state index is 11.3. The van der Waals surface area contributed by atoms with Crippen LogP contribution in [0.4, 0.5) is 0 Å². The van der Waals surface area contributed by atoms with E-state index in [2.05, 4.69) is 9.71 Å². The molecule has 15 heavy (non-hydrogen) atoms. The lowest BCUT2D eigenvalue weighted by molar-refractivity contribution is 0.463. The van der Waals surface area contributed by atoms with Crippen LogP contribution in [0.1, 0.15) is 18.1 Å². The molecule has 7 heteroatoms. The third kappa shape index (κ3) is 4.63. The molecular formula is C8H13ClN2O3S. The second-order valence-electron chi connectivity index (χ2n) is 3.05. The van der Waals surface area contributed by atoms with Crippen LogP contribution in [0.25, 0.3) is 0 Å². The predicted molar refractivity (Wildman–Crippen MR) is 57.2 cm³/mol. The smallest absolute Gasteiger partial charge is 0.212 e. The van der Waals surface area contributed by atoms with Crippen LogP contribution in [-0.4, -0.2) is 25.0 Å². The third-order valence-electron chi connectivity index (χ3n) is 1.66. The SMILES string of the molecule is Cc1cnc(CNS(=O)(=O)CCCCl)o1. The number of halogens is 1. The molecule has 0 aliphatic heterocycles.